The van der Waals surface area contributed by atoms with Crippen LogP contribution in [0.1, 0.15) is 0 Å². The summed E-state index contributed by atoms with van der Waals surface area (Å²) in [6.45, 7) is 0. The first-order valence-electron chi connectivity index (χ1n) is 4.86. The number of hydrogen-bond donors (Lipinski definition) is 1. The minimum Gasteiger partial charge on any atom is -0.332 e. The molecular weight excluding hydrogens is 342 g/mol. The summed E-state index contributed by atoms with van der Waals surface area (Å²) >= 11 is 8.80. The van der Waals surface area contributed by atoms with E-state index >= 15 is 0 Å². The molecule has 0 aliphatic heterocycles. The molecule has 19 heavy (non-hydrogen) atoms. The normalized spacial score (nSPS) is 10.3. The van der Waals surface area contributed by atoms with Crippen molar-refractivity contribution in [1.82, 2.24) is 9.97 Å². The van der Waals surface area contributed by atoms with Crippen molar-refractivity contribution < 1.29 is 9.31 Å². The standard InChI is InChI=1S/C10H5BrClFN4O2/c11-5-1-2-6(13)7(3-5)16-10-8(17(18)19)9(12)14-4-15-10/h1-4H,(H,14,15,16). The lowest BCUT2D eigenvalue weighted by Crippen LogP contribution is -2.02. The maximum Gasteiger partial charge on any atom is 0.348 e. The number of rotatable bonds is 3. The van der Waals surface area contributed by atoms with Crippen LogP contribution in [0.2, 0.25) is 5.15 Å². The lowest BCUT2D eigenvalue weighted by molar-refractivity contribution is -0.384. The van der Waals surface area contributed by atoms with Crippen LogP contribution >= 0.6 is 27.5 Å². The van der Waals surface area contributed by atoms with E-state index in [-0.39, 0.29) is 16.7 Å². The number of nitrogens with one attached hydrogen (secondary N) is 1. The van der Waals surface area contributed by atoms with E-state index < -0.39 is 16.4 Å². The molecule has 0 radical (unpaired) electrons. The Labute approximate surface area is 119 Å². The number of nitro groups is 1. The Hall–Kier alpha value is -1.80. The number of nitrogens with zero attached hydrogens (tertiary/aromatic N) is 3. The maximum atomic E-state index is 13.6. The molecule has 0 amide bonds. The smallest absolute Gasteiger partial charge is 0.332 e. The van der Waals surface area contributed by atoms with Crippen molar-refractivity contribution in [3.8, 4) is 0 Å². The van der Waals surface area contributed by atoms with Gasteiger partial charge in [-0.1, -0.05) is 27.5 Å². The fraction of sp³-hybridized carbons (Fsp3) is 0. The van der Waals surface area contributed by atoms with Crippen molar-refractivity contribution in [2.45, 2.75) is 0 Å². The van der Waals surface area contributed by atoms with Crippen molar-refractivity contribution in [2.24, 2.45) is 0 Å². The van der Waals surface area contributed by atoms with Crippen LogP contribution in [0, 0.1) is 15.9 Å². The van der Waals surface area contributed by atoms with Gasteiger partial charge < -0.3 is 5.32 Å². The van der Waals surface area contributed by atoms with Crippen molar-refractivity contribution in [1.29, 1.82) is 0 Å². The summed E-state index contributed by atoms with van der Waals surface area (Å²) in [5.74, 6) is -0.755. The number of benzene rings is 1. The van der Waals surface area contributed by atoms with E-state index in [1.165, 1.54) is 18.2 Å². The van der Waals surface area contributed by atoms with Gasteiger partial charge in [0.1, 0.15) is 12.1 Å². The second-order valence-electron chi connectivity index (χ2n) is 3.37. The van der Waals surface area contributed by atoms with E-state index in [1.807, 2.05) is 0 Å². The lowest BCUT2D eigenvalue weighted by atomic mass is 10.3. The summed E-state index contributed by atoms with van der Waals surface area (Å²) in [4.78, 5) is 17.4. The topological polar surface area (TPSA) is 81.0 Å². The van der Waals surface area contributed by atoms with Gasteiger partial charge in [-0.05, 0) is 18.2 Å². The Kier molecular flexibility index (Phi) is 3.91. The Balaban J connectivity index is 2.46. The van der Waals surface area contributed by atoms with E-state index in [9.17, 15) is 14.5 Å². The first-order chi connectivity index (χ1) is 8.99. The van der Waals surface area contributed by atoms with Crippen LogP contribution in [-0.4, -0.2) is 14.9 Å². The van der Waals surface area contributed by atoms with Crippen LogP contribution in [-0.2, 0) is 0 Å². The third-order valence-electron chi connectivity index (χ3n) is 2.14. The highest BCUT2D eigenvalue weighted by atomic mass is 79.9. The fourth-order valence-corrected chi connectivity index (χ4v) is 1.89. The number of aromatic nitrogens is 2. The molecule has 9 heteroatoms. The summed E-state index contributed by atoms with van der Waals surface area (Å²) in [6.07, 6.45) is 1.05. The molecule has 1 aromatic heterocycles. The zero-order valence-electron chi connectivity index (χ0n) is 9.10. The van der Waals surface area contributed by atoms with E-state index in [0.29, 0.717) is 4.47 Å². The molecule has 6 nitrogen and oxygen atoms in total. The Morgan fingerprint density at radius 3 is 2.84 bits per heavy atom. The molecular formula is C10H5BrClFN4O2. The summed E-state index contributed by atoms with van der Waals surface area (Å²) in [5.41, 5.74) is -0.476. The molecule has 0 atom stereocenters. The van der Waals surface area contributed by atoms with Gasteiger partial charge in [0.25, 0.3) is 0 Å². The summed E-state index contributed by atoms with van der Waals surface area (Å²) in [7, 11) is 0. The molecule has 1 N–H and O–H groups in total. The van der Waals surface area contributed by atoms with Crippen LogP contribution in [0.15, 0.2) is 29.0 Å². The largest absolute Gasteiger partial charge is 0.348 e. The maximum absolute atomic E-state index is 13.6. The fourth-order valence-electron chi connectivity index (χ4n) is 1.33. The van der Waals surface area contributed by atoms with Crippen molar-refractivity contribution in [2.75, 3.05) is 5.32 Å². The van der Waals surface area contributed by atoms with Gasteiger partial charge in [0.2, 0.25) is 11.0 Å². The third-order valence-corrected chi connectivity index (χ3v) is 2.91. The average molecular weight is 348 g/mol. The third kappa shape index (κ3) is 2.96. The molecule has 0 saturated heterocycles. The van der Waals surface area contributed by atoms with Gasteiger partial charge in [0.15, 0.2) is 0 Å². The highest BCUT2D eigenvalue weighted by molar-refractivity contribution is 9.10. The SMILES string of the molecule is O=[N+]([O-])c1c(Cl)ncnc1Nc1cc(Br)ccc1F. The average Bonchev–Trinajstić information content (AvgIpc) is 2.33. The number of halogens is 3. The van der Waals surface area contributed by atoms with Crippen molar-refractivity contribution in [3.05, 3.63) is 50.1 Å². The van der Waals surface area contributed by atoms with Crippen LogP contribution in [0.3, 0.4) is 0 Å². The summed E-state index contributed by atoms with van der Waals surface area (Å²) in [6, 6.07) is 4.14. The first kappa shape index (κ1) is 13.6. The molecule has 0 bridgehead atoms. The minimum atomic E-state index is -0.736. The van der Waals surface area contributed by atoms with E-state index in [0.717, 1.165) is 6.33 Å². The predicted molar refractivity (Wildman–Crippen MR) is 71.1 cm³/mol. The van der Waals surface area contributed by atoms with E-state index in [2.05, 4.69) is 31.2 Å². The number of hydrogen-bond acceptors (Lipinski definition) is 5. The molecule has 1 aromatic carbocycles. The van der Waals surface area contributed by atoms with Gasteiger partial charge in [-0.2, -0.15) is 0 Å². The highest BCUT2D eigenvalue weighted by Gasteiger charge is 2.22. The highest BCUT2D eigenvalue weighted by Crippen LogP contribution is 2.32. The lowest BCUT2D eigenvalue weighted by Gasteiger charge is -2.07. The quantitative estimate of drug-likeness (QED) is 0.520. The van der Waals surface area contributed by atoms with E-state index in [4.69, 9.17) is 11.6 Å². The number of anilines is 2. The second kappa shape index (κ2) is 5.45. The molecule has 0 aliphatic rings. The molecule has 2 aromatic rings. The summed E-state index contributed by atoms with van der Waals surface area (Å²) < 4.78 is 14.2. The molecule has 0 unspecified atom stereocenters. The summed E-state index contributed by atoms with van der Waals surface area (Å²) in [5, 5.41) is 13.1. The Morgan fingerprint density at radius 1 is 1.42 bits per heavy atom. The van der Waals surface area contributed by atoms with Gasteiger partial charge in [0, 0.05) is 4.47 Å². The van der Waals surface area contributed by atoms with Gasteiger partial charge in [-0.15, -0.1) is 0 Å². The zero-order chi connectivity index (χ0) is 14.0. The molecule has 98 valence electrons. The molecule has 0 aliphatic carbocycles. The van der Waals surface area contributed by atoms with Crippen LogP contribution in [0.4, 0.5) is 21.6 Å². The van der Waals surface area contributed by atoms with Crippen molar-refractivity contribution >= 4 is 44.7 Å². The molecule has 2 rings (SSSR count). The van der Waals surface area contributed by atoms with E-state index in [1.54, 1.807) is 0 Å². The molecule has 0 spiro atoms. The molecule has 1 heterocycles. The van der Waals surface area contributed by atoms with Crippen LogP contribution in [0.5, 0.6) is 0 Å². The van der Waals surface area contributed by atoms with Gasteiger partial charge in [-0.25, -0.2) is 14.4 Å². The van der Waals surface area contributed by atoms with Crippen molar-refractivity contribution in [3.63, 3.8) is 0 Å². The van der Waals surface area contributed by atoms with Gasteiger partial charge in [-0.3, -0.25) is 10.1 Å². The molecule has 0 fully saturated rings. The second-order valence-corrected chi connectivity index (χ2v) is 4.64. The first-order valence-corrected chi connectivity index (χ1v) is 6.03. The minimum absolute atomic E-state index is 0.0345. The Morgan fingerprint density at radius 2 is 2.16 bits per heavy atom. The monoisotopic (exact) mass is 346 g/mol. The van der Waals surface area contributed by atoms with Crippen LogP contribution < -0.4 is 5.32 Å². The zero-order valence-corrected chi connectivity index (χ0v) is 11.4. The van der Waals surface area contributed by atoms with Crippen LogP contribution in [0.25, 0.3) is 0 Å². The molecule has 0 saturated carbocycles. The van der Waals surface area contributed by atoms with Gasteiger partial charge >= 0.3 is 5.69 Å². The Bertz CT molecular complexity index is 655. The van der Waals surface area contributed by atoms with Gasteiger partial charge in [0.05, 0.1) is 10.6 Å². The predicted octanol–water partition coefficient (Wildman–Crippen LogP) is 3.68.